The average Bonchev–Trinajstić information content (AvgIpc) is 2.81. The van der Waals surface area contributed by atoms with Gasteiger partial charge in [-0.05, 0) is 48.9 Å². The zero-order valence-electron chi connectivity index (χ0n) is 11.8. The minimum atomic E-state index is 0.119. The summed E-state index contributed by atoms with van der Waals surface area (Å²) in [5, 5.41) is 9.81. The molecule has 18 heavy (non-hydrogen) atoms. The molecule has 0 aliphatic heterocycles. The number of aliphatic hydroxyl groups is 1. The molecule has 0 amide bonds. The highest BCUT2D eigenvalue weighted by molar-refractivity contribution is 7.09. The van der Waals surface area contributed by atoms with Crippen molar-refractivity contribution in [2.24, 2.45) is 16.7 Å². The highest BCUT2D eigenvalue weighted by Crippen LogP contribution is 2.46. The second-order valence-electron chi connectivity index (χ2n) is 6.94. The summed E-state index contributed by atoms with van der Waals surface area (Å²) < 4.78 is 0. The van der Waals surface area contributed by atoms with Gasteiger partial charge in [0.2, 0.25) is 0 Å². The van der Waals surface area contributed by atoms with Crippen LogP contribution in [0.5, 0.6) is 0 Å². The maximum atomic E-state index is 9.81. The second kappa shape index (κ2) is 5.30. The van der Waals surface area contributed by atoms with Crippen LogP contribution >= 0.6 is 11.3 Å². The molecule has 102 valence electrons. The van der Waals surface area contributed by atoms with E-state index in [1.165, 1.54) is 17.7 Å². The van der Waals surface area contributed by atoms with Crippen LogP contribution in [0.2, 0.25) is 0 Å². The van der Waals surface area contributed by atoms with E-state index in [0.717, 1.165) is 25.2 Å². The lowest BCUT2D eigenvalue weighted by Gasteiger charge is -2.43. The van der Waals surface area contributed by atoms with Crippen molar-refractivity contribution in [1.82, 2.24) is 4.98 Å². The molecule has 1 heterocycles. The number of aromatic nitrogens is 1. The first-order valence-corrected chi connectivity index (χ1v) is 7.81. The van der Waals surface area contributed by atoms with E-state index in [0.29, 0.717) is 12.0 Å². The summed E-state index contributed by atoms with van der Waals surface area (Å²) in [7, 11) is 0. The van der Waals surface area contributed by atoms with E-state index in [1.54, 1.807) is 11.3 Å². The number of rotatable bonds is 3. The van der Waals surface area contributed by atoms with Crippen LogP contribution < -0.4 is 0 Å². The van der Waals surface area contributed by atoms with E-state index in [4.69, 9.17) is 0 Å². The van der Waals surface area contributed by atoms with Gasteiger partial charge in [-0.2, -0.15) is 0 Å². The predicted octanol–water partition coefficient (Wildman–Crippen LogP) is 3.90. The van der Waals surface area contributed by atoms with Gasteiger partial charge in [-0.15, -0.1) is 11.3 Å². The van der Waals surface area contributed by atoms with Gasteiger partial charge >= 0.3 is 0 Å². The van der Waals surface area contributed by atoms with Crippen LogP contribution in [0.15, 0.2) is 11.7 Å². The molecule has 0 unspecified atom stereocenters. The Hall–Kier alpha value is -0.410. The van der Waals surface area contributed by atoms with Gasteiger partial charge in [0.1, 0.15) is 0 Å². The van der Waals surface area contributed by atoms with Crippen molar-refractivity contribution >= 4 is 11.3 Å². The zero-order chi connectivity index (χ0) is 13.2. The van der Waals surface area contributed by atoms with E-state index in [-0.39, 0.29) is 5.41 Å². The molecular weight excluding hydrogens is 242 g/mol. The van der Waals surface area contributed by atoms with Crippen LogP contribution in [0.25, 0.3) is 0 Å². The van der Waals surface area contributed by atoms with Crippen molar-refractivity contribution in [1.29, 1.82) is 0 Å². The van der Waals surface area contributed by atoms with Crippen LogP contribution in [0.1, 0.15) is 51.3 Å². The summed E-state index contributed by atoms with van der Waals surface area (Å²) >= 11 is 1.71. The van der Waals surface area contributed by atoms with Gasteiger partial charge in [-0.1, -0.05) is 20.8 Å². The molecular formula is C15H25NOS. The van der Waals surface area contributed by atoms with E-state index in [2.05, 4.69) is 25.8 Å². The molecule has 1 saturated carbocycles. The fourth-order valence-electron chi connectivity index (χ4n) is 3.19. The first kappa shape index (κ1) is 14.0. The van der Waals surface area contributed by atoms with Crippen molar-refractivity contribution < 1.29 is 5.11 Å². The molecule has 1 aliphatic carbocycles. The third-order valence-electron chi connectivity index (χ3n) is 4.64. The lowest BCUT2D eigenvalue weighted by atomic mass is 9.63. The average molecular weight is 267 g/mol. The Bertz CT molecular complexity index is 358. The van der Waals surface area contributed by atoms with Crippen LogP contribution in [0.3, 0.4) is 0 Å². The van der Waals surface area contributed by atoms with Crippen molar-refractivity contribution in [3.63, 3.8) is 0 Å². The van der Waals surface area contributed by atoms with Crippen LogP contribution in [-0.4, -0.2) is 16.7 Å². The molecule has 1 aromatic rings. The van der Waals surface area contributed by atoms with Crippen LogP contribution in [0.4, 0.5) is 0 Å². The standard InChI is InChI=1S/C15H25NOS/c1-14(2,3)12-4-6-15(10-17,7-5-12)8-13-9-16-11-18-13/h9,11-12,17H,4-8,10H2,1-3H3. The predicted molar refractivity (Wildman–Crippen MR) is 76.7 cm³/mol. The monoisotopic (exact) mass is 267 g/mol. The maximum Gasteiger partial charge on any atom is 0.0794 e. The van der Waals surface area contributed by atoms with Crippen LogP contribution in [0, 0.1) is 16.7 Å². The largest absolute Gasteiger partial charge is 0.396 e. The van der Waals surface area contributed by atoms with E-state index in [9.17, 15) is 5.11 Å². The van der Waals surface area contributed by atoms with Crippen molar-refractivity contribution in [2.45, 2.75) is 52.9 Å². The Morgan fingerprint density at radius 2 is 2.06 bits per heavy atom. The van der Waals surface area contributed by atoms with Gasteiger partial charge in [0.25, 0.3) is 0 Å². The third kappa shape index (κ3) is 3.12. The molecule has 0 atom stereocenters. The smallest absolute Gasteiger partial charge is 0.0794 e. The Morgan fingerprint density at radius 3 is 2.50 bits per heavy atom. The van der Waals surface area contributed by atoms with Gasteiger partial charge in [-0.25, -0.2) is 0 Å². The summed E-state index contributed by atoms with van der Waals surface area (Å²) in [4.78, 5) is 5.46. The Kier molecular flexibility index (Phi) is 4.12. The van der Waals surface area contributed by atoms with Crippen molar-refractivity contribution in [3.05, 3.63) is 16.6 Å². The minimum Gasteiger partial charge on any atom is -0.396 e. The molecule has 0 bridgehead atoms. The number of hydrogen-bond donors (Lipinski definition) is 1. The van der Waals surface area contributed by atoms with Gasteiger partial charge in [0.15, 0.2) is 0 Å². The third-order valence-corrected chi connectivity index (χ3v) is 5.42. The molecule has 1 fully saturated rings. The molecule has 3 heteroatoms. The SMILES string of the molecule is CC(C)(C)C1CCC(CO)(Cc2cncs2)CC1. The topological polar surface area (TPSA) is 33.1 Å². The van der Waals surface area contributed by atoms with Gasteiger partial charge in [-0.3, -0.25) is 4.98 Å². The van der Waals surface area contributed by atoms with E-state index >= 15 is 0 Å². The van der Waals surface area contributed by atoms with Crippen molar-refractivity contribution in [2.75, 3.05) is 6.61 Å². The molecule has 0 saturated heterocycles. The number of thiazole rings is 1. The summed E-state index contributed by atoms with van der Waals surface area (Å²) in [6, 6.07) is 0. The molecule has 2 nitrogen and oxygen atoms in total. The molecule has 2 rings (SSSR count). The second-order valence-corrected chi connectivity index (χ2v) is 7.91. The number of nitrogens with zero attached hydrogens (tertiary/aromatic N) is 1. The maximum absolute atomic E-state index is 9.81. The van der Waals surface area contributed by atoms with Crippen molar-refractivity contribution in [3.8, 4) is 0 Å². The zero-order valence-corrected chi connectivity index (χ0v) is 12.6. The first-order chi connectivity index (χ1) is 8.45. The quantitative estimate of drug-likeness (QED) is 0.901. The Balaban J connectivity index is 2.00. The Labute approximate surface area is 114 Å². The molecule has 0 radical (unpaired) electrons. The highest BCUT2D eigenvalue weighted by atomic mass is 32.1. The fraction of sp³-hybridized carbons (Fsp3) is 0.800. The first-order valence-electron chi connectivity index (χ1n) is 6.93. The van der Waals surface area contributed by atoms with E-state index < -0.39 is 0 Å². The van der Waals surface area contributed by atoms with Gasteiger partial charge in [0.05, 0.1) is 5.51 Å². The summed E-state index contributed by atoms with van der Waals surface area (Å²) in [5.41, 5.74) is 2.42. The summed E-state index contributed by atoms with van der Waals surface area (Å²) in [5.74, 6) is 0.804. The molecule has 1 aromatic heterocycles. The lowest BCUT2D eigenvalue weighted by Crippen LogP contribution is -2.36. The fourth-order valence-corrected chi connectivity index (χ4v) is 3.95. The summed E-state index contributed by atoms with van der Waals surface area (Å²) in [6.45, 7) is 7.34. The number of hydrogen-bond acceptors (Lipinski definition) is 3. The number of aliphatic hydroxyl groups excluding tert-OH is 1. The molecule has 1 N–H and O–H groups in total. The van der Waals surface area contributed by atoms with E-state index in [1.807, 2.05) is 11.7 Å². The van der Waals surface area contributed by atoms with Gasteiger partial charge in [0, 0.05) is 17.7 Å². The summed E-state index contributed by atoms with van der Waals surface area (Å²) in [6.07, 6.45) is 7.78. The lowest BCUT2D eigenvalue weighted by molar-refractivity contribution is 0.0374. The molecule has 1 aliphatic rings. The normalized spacial score (nSPS) is 29.4. The Morgan fingerprint density at radius 1 is 1.39 bits per heavy atom. The van der Waals surface area contributed by atoms with Crippen LogP contribution in [-0.2, 0) is 6.42 Å². The van der Waals surface area contributed by atoms with Gasteiger partial charge < -0.3 is 5.11 Å². The minimum absolute atomic E-state index is 0.119. The molecule has 0 spiro atoms. The molecule has 0 aromatic carbocycles. The highest BCUT2D eigenvalue weighted by Gasteiger charge is 2.38.